The van der Waals surface area contributed by atoms with Gasteiger partial charge in [-0.25, -0.2) is 9.67 Å². The number of hydrogen-bond acceptors (Lipinski definition) is 3. The zero-order valence-corrected chi connectivity index (χ0v) is 11.2. The van der Waals surface area contributed by atoms with E-state index in [0.717, 1.165) is 31.9 Å². The van der Waals surface area contributed by atoms with E-state index in [2.05, 4.69) is 40.9 Å². The molecule has 0 aromatic carbocycles. The zero-order valence-electron chi connectivity index (χ0n) is 11.2. The monoisotopic (exact) mass is 236 g/mol. The molecule has 0 atom stereocenters. The topological polar surface area (TPSA) is 42.7 Å². The molecule has 0 spiro atoms. The van der Waals surface area contributed by atoms with Crippen molar-refractivity contribution in [3.8, 4) is 0 Å². The van der Waals surface area contributed by atoms with Gasteiger partial charge in [0.15, 0.2) is 0 Å². The van der Waals surface area contributed by atoms with E-state index in [1.54, 1.807) is 6.33 Å². The van der Waals surface area contributed by atoms with Gasteiger partial charge in [-0.05, 0) is 12.3 Å². The van der Waals surface area contributed by atoms with Crippen LogP contribution in [0.2, 0.25) is 0 Å². The van der Waals surface area contributed by atoms with Crippen molar-refractivity contribution < 1.29 is 0 Å². The van der Waals surface area contributed by atoms with E-state index < -0.39 is 0 Å². The maximum Gasteiger partial charge on any atom is 0.138 e. The average molecular weight is 236 g/mol. The summed E-state index contributed by atoms with van der Waals surface area (Å²) in [6.45, 7) is 9.95. The van der Waals surface area contributed by atoms with Gasteiger partial charge in [-0.15, -0.1) is 0 Å². The highest BCUT2D eigenvalue weighted by molar-refractivity contribution is 5.01. The van der Waals surface area contributed by atoms with Crippen LogP contribution in [0, 0.1) is 11.3 Å². The largest absolute Gasteiger partial charge is 0.316 e. The third kappa shape index (κ3) is 2.86. The second-order valence-electron chi connectivity index (χ2n) is 5.78. The first-order valence-corrected chi connectivity index (χ1v) is 6.72. The second-order valence-corrected chi connectivity index (χ2v) is 5.78. The summed E-state index contributed by atoms with van der Waals surface area (Å²) in [7, 11) is 0. The lowest BCUT2D eigenvalue weighted by Crippen LogP contribution is -2.54. The third-order valence-electron chi connectivity index (χ3n) is 3.55. The molecule has 2 heterocycles. The fourth-order valence-corrected chi connectivity index (χ4v) is 2.66. The highest BCUT2D eigenvalue weighted by atomic mass is 15.3. The Kier molecular flexibility index (Phi) is 3.82. The van der Waals surface area contributed by atoms with E-state index in [4.69, 9.17) is 0 Å². The Hall–Kier alpha value is -0.900. The summed E-state index contributed by atoms with van der Waals surface area (Å²) >= 11 is 0. The smallest absolute Gasteiger partial charge is 0.138 e. The van der Waals surface area contributed by atoms with Crippen LogP contribution in [-0.2, 0) is 13.0 Å². The van der Waals surface area contributed by atoms with E-state index in [1.165, 1.54) is 12.8 Å². The van der Waals surface area contributed by atoms with Crippen LogP contribution in [-0.4, -0.2) is 27.9 Å². The summed E-state index contributed by atoms with van der Waals surface area (Å²) in [6, 6.07) is 0. The Morgan fingerprint density at radius 1 is 1.47 bits per heavy atom. The molecule has 1 N–H and O–H groups in total. The SMILES string of the molecule is CCCC1(Cc2ncnn2CC(C)C)CNC1. The van der Waals surface area contributed by atoms with Gasteiger partial charge in [0.2, 0.25) is 0 Å². The summed E-state index contributed by atoms with van der Waals surface area (Å²) in [5.74, 6) is 1.78. The Morgan fingerprint density at radius 2 is 2.24 bits per heavy atom. The van der Waals surface area contributed by atoms with Crippen molar-refractivity contribution in [1.82, 2.24) is 20.1 Å². The molecule has 0 amide bonds. The highest BCUT2D eigenvalue weighted by Crippen LogP contribution is 2.32. The molecular formula is C13H24N4. The van der Waals surface area contributed by atoms with Crippen molar-refractivity contribution in [3.05, 3.63) is 12.2 Å². The number of hydrogen-bond donors (Lipinski definition) is 1. The van der Waals surface area contributed by atoms with Crippen molar-refractivity contribution in [1.29, 1.82) is 0 Å². The van der Waals surface area contributed by atoms with Crippen LogP contribution in [0.1, 0.15) is 39.4 Å². The van der Waals surface area contributed by atoms with Crippen molar-refractivity contribution in [2.24, 2.45) is 11.3 Å². The highest BCUT2D eigenvalue weighted by Gasteiger charge is 2.37. The molecule has 0 radical (unpaired) electrons. The zero-order chi connectivity index (χ0) is 12.3. The van der Waals surface area contributed by atoms with E-state index in [-0.39, 0.29) is 0 Å². The first kappa shape index (κ1) is 12.6. The molecule has 1 aromatic heterocycles. The normalized spacial score (nSPS) is 18.4. The minimum absolute atomic E-state index is 0.441. The molecule has 2 rings (SSSR count). The Morgan fingerprint density at radius 3 is 2.76 bits per heavy atom. The van der Waals surface area contributed by atoms with Crippen molar-refractivity contribution >= 4 is 0 Å². The first-order valence-electron chi connectivity index (χ1n) is 6.72. The van der Waals surface area contributed by atoms with Crippen LogP contribution in [0.3, 0.4) is 0 Å². The lowest BCUT2D eigenvalue weighted by atomic mass is 9.75. The molecule has 1 saturated heterocycles. The van der Waals surface area contributed by atoms with Gasteiger partial charge in [0.05, 0.1) is 0 Å². The summed E-state index contributed by atoms with van der Waals surface area (Å²) in [5, 5.41) is 7.75. The van der Waals surface area contributed by atoms with E-state index in [0.29, 0.717) is 11.3 Å². The van der Waals surface area contributed by atoms with E-state index in [1.807, 2.05) is 0 Å². The van der Waals surface area contributed by atoms with Crippen molar-refractivity contribution in [3.63, 3.8) is 0 Å². The summed E-state index contributed by atoms with van der Waals surface area (Å²) < 4.78 is 2.08. The van der Waals surface area contributed by atoms with Gasteiger partial charge in [0.1, 0.15) is 12.2 Å². The minimum Gasteiger partial charge on any atom is -0.316 e. The molecule has 0 saturated carbocycles. The molecule has 4 heteroatoms. The van der Waals surface area contributed by atoms with Crippen molar-refractivity contribution in [2.75, 3.05) is 13.1 Å². The number of aromatic nitrogens is 3. The van der Waals surface area contributed by atoms with Crippen LogP contribution in [0.15, 0.2) is 6.33 Å². The molecular weight excluding hydrogens is 212 g/mol. The Balaban J connectivity index is 2.04. The van der Waals surface area contributed by atoms with Gasteiger partial charge in [-0.2, -0.15) is 5.10 Å². The van der Waals surface area contributed by atoms with E-state index >= 15 is 0 Å². The molecule has 1 aliphatic rings. The molecule has 0 bridgehead atoms. The lowest BCUT2D eigenvalue weighted by molar-refractivity contribution is 0.145. The number of rotatable bonds is 6. The number of nitrogens with zero attached hydrogens (tertiary/aromatic N) is 3. The van der Waals surface area contributed by atoms with Gasteiger partial charge in [0, 0.05) is 31.5 Å². The Bertz CT molecular complexity index is 352. The van der Waals surface area contributed by atoms with Crippen LogP contribution >= 0.6 is 0 Å². The van der Waals surface area contributed by atoms with Gasteiger partial charge in [-0.1, -0.05) is 27.2 Å². The van der Waals surface area contributed by atoms with Gasteiger partial charge in [-0.3, -0.25) is 0 Å². The molecule has 0 aliphatic carbocycles. The standard InChI is InChI=1S/C13H24N4/c1-4-5-13(8-14-9-13)6-12-15-10-16-17(12)7-11(2)3/h10-11,14H,4-9H2,1-3H3. The molecule has 1 aliphatic heterocycles. The molecule has 17 heavy (non-hydrogen) atoms. The fourth-order valence-electron chi connectivity index (χ4n) is 2.66. The summed E-state index contributed by atoms with van der Waals surface area (Å²) in [4.78, 5) is 4.44. The van der Waals surface area contributed by atoms with Crippen LogP contribution in [0.4, 0.5) is 0 Å². The average Bonchev–Trinajstić information content (AvgIpc) is 2.61. The minimum atomic E-state index is 0.441. The van der Waals surface area contributed by atoms with Crippen molar-refractivity contribution in [2.45, 2.75) is 46.6 Å². The van der Waals surface area contributed by atoms with Gasteiger partial charge >= 0.3 is 0 Å². The lowest BCUT2D eigenvalue weighted by Gasteiger charge is -2.42. The second kappa shape index (κ2) is 5.17. The molecule has 4 nitrogen and oxygen atoms in total. The quantitative estimate of drug-likeness (QED) is 0.820. The predicted octanol–water partition coefficient (Wildman–Crippen LogP) is 1.87. The maximum atomic E-state index is 4.44. The summed E-state index contributed by atoms with van der Waals surface area (Å²) in [6.07, 6.45) is 5.30. The first-order chi connectivity index (χ1) is 8.15. The molecule has 96 valence electrons. The van der Waals surface area contributed by atoms with E-state index in [9.17, 15) is 0 Å². The fraction of sp³-hybridized carbons (Fsp3) is 0.846. The number of nitrogens with one attached hydrogen (secondary N) is 1. The van der Waals surface area contributed by atoms with Gasteiger partial charge < -0.3 is 5.32 Å². The summed E-state index contributed by atoms with van der Waals surface area (Å²) in [5.41, 5.74) is 0.441. The van der Waals surface area contributed by atoms with Crippen LogP contribution in [0.5, 0.6) is 0 Å². The molecule has 0 unspecified atom stereocenters. The third-order valence-corrected chi connectivity index (χ3v) is 3.55. The van der Waals surface area contributed by atoms with Gasteiger partial charge in [0.25, 0.3) is 0 Å². The Labute approximate surface area is 104 Å². The maximum absolute atomic E-state index is 4.44. The molecule has 1 fully saturated rings. The van der Waals surface area contributed by atoms with Crippen LogP contribution < -0.4 is 5.32 Å². The predicted molar refractivity (Wildman–Crippen MR) is 68.8 cm³/mol. The van der Waals surface area contributed by atoms with Crippen LogP contribution in [0.25, 0.3) is 0 Å². The molecule has 1 aromatic rings.